The van der Waals surface area contributed by atoms with Gasteiger partial charge in [-0.25, -0.2) is 24.7 Å². The van der Waals surface area contributed by atoms with E-state index >= 15 is 0 Å². The van der Waals surface area contributed by atoms with Crippen molar-refractivity contribution in [3.8, 4) is 11.4 Å². The minimum absolute atomic E-state index is 0.0311. The van der Waals surface area contributed by atoms with Crippen molar-refractivity contribution in [3.05, 3.63) is 30.9 Å². The molecule has 1 unspecified atom stereocenters. The molecule has 1 aliphatic rings. The molecule has 0 radical (unpaired) electrons. The van der Waals surface area contributed by atoms with Gasteiger partial charge in [0.2, 0.25) is 0 Å². The minimum Gasteiger partial charge on any atom is -0.465 e. The van der Waals surface area contributed by atoms with Crippen LogP contribution in [0.5, 0.6) is 0 Å². The number of nitrogens with one attached hydrogen (secondary N) is 1. The minimum atomic E-state index is -1.12. The maximum Gasteiger partial charge on any atom is 0.407 e. The van der Waals surface area contributed by atoms with Crippen LogP contribution in [0.15, 0.2) is 30.9 Å². The number of hydrogen-bond acceptors (Lipinski definition) is 7. The summed E-state index contributed by atoms with van der Waals surface area (Å²) in [6.07, 6.45) is 7.63. The molecule has 0 bridgehead atoms. The number of anilines is 1. The molecule has 1 saturated heterocycles. The number of carboxylic acid groups (broad SMARTS) is 1. The maximum absolute atomic E-state index is 11.3. The summed E-state index contributed by atoms with van der Waals surface area (Å²) in [5.74, 6) is 0.581. The number of hydrogen-bond donors (Lipinski definition) is 2. The van der Waals surface area contributed by atoms with Crippen LogP contribution in [-0.2, 0) is 11.5 Å². The molecule has 176 valence electrons. The van der Waals surface area contributed by atoms with Gasteiger partial charge in [0.25, 0.3) is 0 Å². The number of aromatic nitrogens is 5. The summed E-state index contributed by atoms with van der Waals surface area (Å²) >= 11 is 0. The zero-order valence-electron chi connectivity index (χ0n) is 19.4. The van der Waals surface area contributed by atoms with Crippen molar-refractivity contribution >= 4 is 31.1 Å². The highest BCUT2D eigenvalue weighted by atomic mass is 28.3. The van der Waals surface area contributed by atoms with Crippen molar-refractivity contribution in [1.82, 2.24) is 29.4 Å². The molecular weight excluding hydrogens is 438 g/mol. The van der Waals surface area contributed by atoms with Crippen LogP contribution in [0.25, 0.3) is 22.6 Å². The summed E-state index contributed by atoms with van der Waals surface area (Å²) in [7, 11) is -1.12. The fraction of sp³-hybridized carbons (Fsp3) is 0.500. The van der Waals surface area contributed by atoms with Gasteiger partial charge in [-0.2, -0.15) is 0 Å². The molecule has 10 nitrogen and oxygen atoms in total. The van der Waals surface area contributed by atoms with E-state index in [4.69, 9.17) is 9.72 Å². The van der Waals surface area contributed by atoms with Gasteiger partial charge < -0.3 is 24.6 Å². The van der Waals surface area contributed by atoms with E-state index in [2.05, 4.69) is 39.9 Å². The van der Waals surface area contributed by atoms with Crippen molar-refractivity contribution in [1.29, 1.82) is 0 Å². The first-order chi connectivity index (χ1) is 15.8. The summed E-state index contributed by atoms with van der Waals surface area (Å²) in [4.78, 5) is 31.1. The molecule has 4 rings (SSSR count). The van der Waals surface area contributed by atoms with Gasteiger partial charge in [-0.3, -0.25) is 0 Å². The van der Waals surface area contributed by atoms with E-state index in [0.717, 1.165) is 36.7 Å². The summed E-state index contributed by atoms with van der Waals surface area (Å²) in [5.41, 5.74) is 2.72. The highest BCUT2D eigenvalue weighted by molar-refractivity contribution is 6.76. The zero-order valence-corrected chi connectivity index (χ0v) is 20.4. The van der Waals surface area contributed by atoms with Crippen molar-refractivity contribution in [2.24, 2.45) is 0 Å². The van der Waals surface area contributed by atoms with Crippen LogP contribution in [0.4, 0.5) is 10.6 Å². The molecule has 0 spiro atoms. The second-order valence-electron chi connectivity index (χ2n) is 9.56. The maximum atomic E-state index is 11.3. The third kappa shape index (κ3) is 5.85. The Bertz CT molecular complexity index is 1110. The third-order valence-corrected chi connectivity index (χ3v) is 7.37. The van der Waals surface area contributed by atoms with E-state index < -0.39 is 14.2 Å². The lowest BCUT2D eigenvalue weighted by atomic mass is 10.1. The van der Waals surface area contributed by atoms with E-state index in [0.29, 0.717) is 37.0 Å². The number of rotatable bonds is 8. The largest absolute Gasteiger partial charge is 0.465 e. The standard InChI is InChI=1S/C22H31N7O3Si/c1-33(2,3)12-11-32-15-29-10-6-17-21(29)25-13-18(27-17)19-20(24-8-7-23-19)26-16-5-4-9-28(14-16)22(30)31/h6-8,10,13,16H,4-5,9,11-12,14-15H2,1-3H3,(H,24,26)(H,30,31). The number of piperidine rings is 1. The first kappa shape index (κ1) is 23.1. The van der Waals surface area contributed by atoms with Gasteiger partial charge in [-0.15, -0.1) is 0 Å². The molecule has 3 aromatic rings. The van der Waals surface area contributed by atoms with Crippen molar-refractivity contribution in [2.75, 3.05) is 25.0 Å². The number of ether oxygens (including phenoxy) is 1. The summed E-state index contributed by atoms with van der Waals surface area (Å²) in [5, 5.41) is 12.7. The fourth-order valence-corrected chi connectivity index (χ4v) is 4.57. The lowest BCUT2D eigenvalue weighted by molar-refractivity contribution is 0.0899. The van der Waals surface area contributed by atoms with E-state index in [1.807, 2.05) is 16.8 Å². The lowest BCUT2D eigenvalue weighted by Gasteiger charge is -2.31. The average molecular weight is 470 g/mol. The Labute approximate surface area is 194 Å². The monoisotopic (exact) mass is 469 g/mol. The van der Waals surface area contributed by atoms with Crippen molar-refractivity contribution < 1.29 is 14.6 Å². The van der Waals surface area contributed by atoms with Crippen LogP contribution >= 0.6 is 0 Å². The molecule has 1 aliphatic heterocycles. The number of likely N-dealkylation sites (tertiary alicyclic amines) is 1. The Morgan fingerprint density at radius 3 is 2.88 bits per heavy atom. The normalized spacial score (nSPS) is 16.8. The van der Waals surface area contributed by atoms with Gasteiger partial charge in [0, 0.05) is 52.4 Å². The third-order valence-electron chi connectivity index (χ3n) is 5.66. The van der Waals surface area contributed by atoms with E-state index in [9.17, 15) is 9.90 Å². The van der Waals surface area contributed by atoms with Gasteiger partial charge in [0.15, 0.2) is 11.5 Å². The Balaban J connectivity index is 1.49. The Kier molecular flexibility index (Phi) is 6.89. The van der Waals surface area contributed by atoms with Crippen LogP contribution in [0, 0.1) is 0 Å². The molecule has 1 fully saturated rings. The fourth-order valence-electron chi connectivity index (χ4n) is 3.81. The highest BCUT2D eigenvalue weighted by Crippen LogP contribution is 2.25. The second-order valence-corrected chi connectivity index (χ2v) is 15.2. The van der Waals surface area contributed by atoms with Gasteiger partial charge in [-0.05, 0) is 25.0 Å². The van der Waals surface area contributed by atoms with Crippen LogP contribution in [0.3, 0.4) is 0 Å². The predicted octanol–water partition coefficient (Wildman–Crippen LogP) is 3.75. The molecule has 33 heavy (non-hydrogen) atoms. The molecular formula is C22H31N7O3Si. The summed E-state index contributed by atoms with van der Waals surface area (Å²) in [6, 6.07) is 3.01. The molecule has 0 aliphatic carbocycles. The van der Waals surface area contributed by atoms with Crippen molar-refractivity contribution in [2.45, 2.75) is 51.3 Å². The number of nitrogens with zero attached hydrogens (tertiary/aromatic N) is 6. The molecule has 3 aromatic heterocycles. The van der Waals surface area contributed by atoms with E-state index in [1.54, 1.807) is 18.6 Å². The molecule has 2 N–H and O–H groups in total. The Morgan fingerprint density at radius 1 is 1.27 bits per heavy atom. The summed E-state index contributed by atoms with van der Waals surface area (Å²) < 4.78 is 7.81. The first-order valence-electron chi connectivity index (χ1n) is 11.3. The Morgan fingerprint density at radius 2 is 2.09 bits per heavy atom. The van der Waals surface area contributed by atoms with Gasteiger partial charge in [0.05, 0.1) is 6.20 Å². The number of carbonyl (C=O) groups is 1. The quantitative estimate of drug-likeness (QED) is 0.378. The summed E-state index contributed by atoms with van der Waals surface area (Å²) in [6.45, 7) is 9.16. The van der Waals surface area contributed by atoms with Crippen LogP contribution in [-0.4, -0.2) is 74.4 Å². The predicted molar refractivity (Wildman–Crippen MR) is 129 cm³/mol. The molecule has 4 heterocycles. The van der Waals surface area contributed by atoms with Gasteiger partial charge in [-0.1, -0.05) is 19.6 Å². The average Bonchev–Trinajstić information content (AvgIpc) is 3.19. The Hall–Kier alpha value is -3.05. The number of amides is 1. The molecule has 1 atom stereocenters. The smallest absolute Gasteiger partial charge is 0.407 e. The SMILES string of the molecule is C[Si](C)(C)CCOCn1ccc2nc(-c3nccnc3NC3CCCN(C(=O)O)C3)cnc21. The van der Waals surface area contributed by atoms with Crippen LogP contribution < -0.4 is 5.32 Å². The van der Waals surface area contributed by atoms with Gasteiger partial charge in [0.1, 0.15) is 23.6 Å². The molecule has 11 heteroatoms. The molecule has 1 amide bonds. The molecule has 0 saturated carbocycles. The van der Waals surface area contributed by atoms with E-state index in [-0.39, 0.29) is 6.04 Å². The van der Waals surface area contributed by atoms with Crippen LogP contribution in [0.2, 0.25) is 25.7 Å². The highest BCUT2D eigenvalue weighted by Gasteiger charge is 2.24. The number of fused-ring (bicyclic) bond motifs is 1. The first-order valence-corrected chi connectivity index (χ1v) is 15.0. The zero-order chi connectivity index (χ0) is 23.4. The topological polar surface area (TPSA) is 118 Å². The van der Waals surface area contributed by atoms with Gasteiger partial charge >= 0.3 is 6.09 Å². The van der Waals surface area contributed by atoms with Crippen molar-refractivity contribution in [3.63, 3.8) is 0 Å². The molecule has 0 aromatic carbocycles. The van der Waals surface area contributed by atoms with E-state index in [1.165, 1.54) is 4.90 Å². The van der Waals surface area contributed by atoms with Crippen LogP contribution in [0.1, 0.15) is 12.8 Å². The lowest BCUT2D eigenvalue weighted by Crippen LogP contribution is -2.44. The second kappa shape index (κ2) is 9.83.